The largest absolute Gasteiger partial charge is 0.380 e. The third-order valence-corrected chi connectivity index (χ3v) is 5.40. The lowest BCUT2D eigenvalue weighted by atomic mass is 10.2. The van der Waals surface area contributed by atoms with Crippen molar-refractivity contribution in [3.05, 3.63) is 32.4 Å². The number of H-pyrrole nitrogens is 1. The Morgan fingerprint density at radius 3 is 3.00 bits per heavy atom. The van der Waals surface area contributed by atoms with Gasteiger partial charge in [-0.1, -0.05) is 0 Å². The average molecular weight is 371 g/mol. The predicted octanol–water partition coefficient (Wildman–Crippen LogP) is 2.54. The van der Waals surface area contributed by atoms with E-state index in [4.69, 9.17) is 4.74 Å². The zero-order chi connectivity index (χ0) is 15.0. The van der Waals surface area contributed by atoms with Crippen molar-refractivity contribution in [1.29, 1.82) is 0 Å². The van der Waals surface area contributed by atoms with Gasteiger partial charge in [-0.3, -0.25) is 9.89 Å². The van der Waals surface area contributed by atoms with E-state index in [-0.39, 0.29) is 18.1 Å². The first-order valence-corrected chi connectivity index (χ1v) is 8.16. The lowest BCUT2D eigenvalue weighted by Crippen LogP contribution is -2.32. The highest BCUT2D eigenvalue weighted by atomic mass is 79.9. The lowest BCUT2D eigenvalue weighted by molar-refractivity contribution is 0.0684. The predicted molar refractivity (Wildman–Crippen MR) is 82.3 cm³/mol. The van der Waals surface area contributed by atoms with Crippen LogP contribution in [0.25, 0.3) is 0 Å². The number of aryl methyl sites for hydroxylation is 1. The molecule has 2 aromatic heterocycles. The number of carbonyl (C=O) groups is 1. The van der Waals surface area contributed by atoms with Crippen LogP contribution in [-0.2, 0) is 4.74 Å². The van der Waals surface area contributed by atoms with Crippen molar-refractivity contribution in [2.45, 2.75) is 25.5 Å². The summed E-state index contributed by atoms with van der Waals surface area (Å²) in [4.78, 5) is 19.9. The maximum atomic E-state index is 12.8. The fourth-order valence-corrected chi connectivity index (χ4v) is 4.38. The van der Waals surface area contributed by atoms with Gasteiger partial charge >= 0.3 is 0 Å². The molecule has 1 fully saturated rings. The molecule has 3 rings (SSSR count). The number of hydrogen-bond acceptors (Lipinski definition) is 5. The maximum Gasteiger partial charge on any atom is 0.256 e. The average Bonchev–Trinajstić information content (AvgIpc) is 3.16. The summed E-state index contributed by atoms with van der Waals surface area (Å²) in [5.74, 6) is 0.693. The SMILES string of the molecule is CO[C@@H]1C[C@@H](c2ncn[nH]2)N(C(=O)c2cc(C)sc2Br)C1. The molecule has 0 aromatic carbocycles. The van der Waals surface area contributed by atoms with Crippen LogP contribution in [0.4, 0.5) is 0 Å². The van der Waals surface area contributed by atoms with E-state index in [0.29, 0.717) is 17.9 Å². The smallest absolute Gasteiger partial charge is 0.256 e. The Balaban J connectivity index is 1.91. The molecule has 0 spiro atoms. The van der Waals surface area contributed by atoms with E-state index in [0.717, 1.165) is 15.1 Å². The number of aromatic nitrogens is 3. The third-order valence-electron chi connectivity index (χ3n) is 3.65. The summed E-state index contributed by atoms with van der Waals surface area (Å²) < 4.78 is 6.29. The van der Waals surface area contributed by atoms with Gasteiger partial charge < -0.3 is 9.64 Å². The number of rotatable bonds is 3. The number of amides is 1. The number of methoxy groups -OCH3 is 1. The van der Waals surface area contributed by atoms with Gasteiger partial charge in [0.15, 0.2) is 0 Å². The molecule has 1 N–H and O–H groups in total. The molecule has 112 valence electrons. The molecule has 8 heteroatoms. The highest BCUT2D eigenvalue weighted by Gasteiger charge is 2.39. The summed E-state index contributed by atoms with van der Waals surface area (Å²) in [7, 11) is 1.67. The summed E-state index contributed by atoms with van der Waals surface area (Å²) in [5, 5.41) is 6.74. The van der Waals surface area contributed by atoms with Gasteiger partial charge in [0.05, 0.1) is 21.5 Å². The van der Waals surface area contributed by atoms with Crippen molar-refractivity contribution < 1.29 is 9.53 Å². The van der Waals surface area contributed by atoms with E-state index >= 15 is 0 Å². The Bertz CT molecular complexity index is 643. The minimum Gasteiger partial charge on any atom is -0.380 e. The monoisotopic (exact) mass is 370 g/mol. The van der Waals surface area contributed by atoms with Crippen LogP contribution in [0.15, 0.2) is 16.2 Å². The minimum absolute atomic E-state index is 0.00725. The van der Waals surface area contributed by atoms with Gasteiger partial charge in [0.1, 0.15) is 12.2 Å². The Labute approximate surface area is 134 Å². The lowest BCUT2D eigenvalue weighted by Gasteiger charge is -2.22. The van der Waals surface area contributed by atoms with Crippen molar-refractivity contribution in [2.75, 3.05) is 13.7 Å². The quantitative estimate of drug-likeness (QED) is 0.900. The van der Waals surface area contributed by atoms with Crippen LogP contribution in [-0.4, -0.2) is 45.7 Å². The van der Waals surface area contributed by atoms with Crippen LogP contribution in [0, 0.1) is 6.92 Å². The van der Waals surface area contributed by atoms with Crippen LogP contribution in [0.5, 0.6) is 0 Å². The number of thiophene rings is 1. The first-order valence-electron chi connectivity index (χ1n) is 6.55. The van der Waals surface area contributed by atoms with Crippen LogP contribution in [0.3, 0.4) is 0 Å². The van der Waals surface area contributed by atoms with E-state index in [1.54, 1.807) is 23.3 Å². The number of ether oxygens (including phenoxy) is 1. The van der Waals surface area contributed by atoms with E-state index < -0.39 is 0 Å². The van der Waals surface area contributed by atoms with Gasteiger partial charge in [-0.2, -0.15) is 5.10 Å². The van der Waals surface area contributed by atoms with Crippen LogP contribution in [0.1, 0.15) is 33.5 Å². The Hall–Kier alpha value is -1.25. The van der Waals surface area contributed by atoms with Crippen LogP contribution < -0.4 is 0 Å². The van der Waals surface area contributed by atoms with Gasteiger partial charge in [-0.05, 0) is 28.9 Å². The molecule has 1 aliphatic rings. The standard InChI is InChI=1S/C13H15BrN4O2S/c1-7-3-9(11(14)21-7)13(19)18-5-8(20-2)4-10(18)12-15-6-16-17-12/h3,6,8,10H,4-5H2,1-2H3,(H,15,16,17)/t8-,10+/m1/s1. The summed E-state index contributed by atoms with van der Waals surface area (Å²) in [6, 6.07) is 1.78. The van der Waals surface area contributed by atoms with E-state index in [1.165, 1.54) is 6.33 Å². The Morgan fingerprint density at radius 2 is 2.43 bits per heavy atom. The molecular formula is C13H15BrN4O2S. The van der Waals surface area contributed by atoms with E-state index in [9.17, 15) is 4.79 Å². The van der Waals surface area contributed by atoms with Crippen molar-refractivity contribution in [1.82, 2.24) is 20.1 Å². The van der Waals surface area contributed by atoms with Gasteiger partial charge in [0, 0.05) is 25.0 Å². The number of likely N-dealkylation sites (tertiary alicyclic amines) is 1. The van der Waals surface area contributed by atoms with Gasteiger partial charge in [-0.25, -0.2) is 4.98 Å². The molecule has 21 heavy (non-hydrogen) atoms. The number of hydrogen-bond donors (Lipinski definition) is 1. The molecule has 1 amide bonds. The molecular weight excluding hydrogens is 356 g/mol. The fraction of sp³-hybridized carbons (Fsp3) is 0.462. The molecule has 1 aliphatic heterocycles. The summed E-state index contributed by atoms with van der Waals surface area (Å²) in [6.45, 7) is 2.55. The second kappa shape index (κ2) is 5.86. The topological polar surface area (TPSA) is 71.1 Å². The molecule has 0 aliphatic carbocycles. The van der Waals surface area contributed by atoms with Crippen molar-refractivity contribution in [3.8, 4) is 0 Å². The van der Waals surface area contributed by atoms with Gasteiger partial charge in [-0.15, -0.1) is 11.3 Å². The molecule has 0 unspecified atom stereocenters. The number of nitrogens with one attached hydrogen (secondary N) is 1. The molecule has 0 saturated carbocycles. The van der Waals surface area contributed by atoms with Crippen molar-refractivity contribution in [2.24, 2.45) is 0 Å². The maximum absolute atomic E-state index is 12.8. The fourth-order valence-electron chi connectivity index (χ4n) is 2.61. The Morgan fingerprint density at radius 1 is 1.62 bits per heavy atom. The summed E-state index contributed by atoms with van der Waals surface area (Å²) in [5.41, 5.74) is 0.693. The second-order valence-electron chi connectivity index (χ2n) is 4.98. The highest BCUT2D eigenvalue weighted by molar-refractivity contribution is 9.11. The van der Waals surface area contributed by atoms with Gasteiger partial charge in [0.2, 0.25) is 0 Å². The first kappa shape index (κ1) is 14.7. The molecule has 2 atom stereocenters. The first-order chi connectivity index (χ1) is 10.1. The summed E-state index contributed by atoms with van der Waals surface area (Å²) >= 11 is 5.03. The molecule has 0 bridgehead atoms. The van der Waals surface area contributed by atoms with Crippen molar-refractivity contribution >= 4 is 33.2 Å². The number of nitrogens with zero attached hydrogens (tertiary/aromatic N) is 3. The molecule has 3 heterocycles. The normalized spacial score (nSPS) is 22.0. The summed E-state index contributed by atoms with van der Waals surface area (Å²) in [6.07, 6.45) is 2.20. The zero-order valence-corrected chi connectivity index (χ0v) is 14.1. The molecule has 2 aromatic rings. The minimum atomic E-state index is -0.128. The molecule has 6 nitrogen and oxygen atoms in total. The third kappa shape index (κ3) is 2.75. The number of halogens is 1. The van der Waals surface area contributed by atoms with E-state index in [1.807, 2.05) is 13.0 Å². The van der Waals surface area contributed by atoms with Crippen LogP contribution >= 0.6 is 27.3 Å². The van der Waals surface area contributed by atoms with Gasteiger partial charge in [0.25, 0.3) is 5.91 Å². The number of carbonyl (C=O) groups excluding carboxylic acids is 1. The molecule has 1 saturated heterocycles. The van der Waals surface area contributed by atoms with Crippen molar-refractivity contribution in [3.63, 3.8) is 0 Å². The van der Waals surface area contributed by atoms with E-state index in [2.05, 4.69) is 31.1 Å². The molecule has 0 radical (unpaired) electrons. The number of aromatic amines is 1. The Kier molecular flexibility index (Phi) is 4.10. The zero-order valence-electron chi connectivity index (χ0n) is 11.7. The van der Waals surface area contributed by atoms with Crippen LogP contribution in [0.2, 0.25) is 0 Å². The highest BCUT2D eigenvalue weighted by Crippen LogP contribution is 2.35. The second-order valence-corrected chi connectivity index (χ2v) is 7.56.